The summed E-state index contributed by atoms with van der Waals surface area (Å²) in [7, 11) is 0. The van der Waals surface area contributed by atoms with Crippen LogP contribution in [0, 0.1) is 12.7 Å². The molecular formula is C19H18ClFN4O2. The summed E-state index contributed by atoms with van der Waals surface area (Å²) >= 11 is 6.21. The highest BCUT2D eigenvalue weighted by molar-refractivity contribution is 6.32. The molecule has 0 radical (unpaired) electrons. The molecule has 1 aromatic heterocycles. The molecule has 0 aliphatic carbocycles. The molecule has 0 fully saturated rings. The van der Waals surface area contributed by atoms with Crippen molar-refractivity contribution in [3.8, 4) is 5.69 Å². The van der Waals surface area contributed by atoms with Crippen molar-refractivity contribution in [1.29, 1.82) is 0 Å². The Bertz CT molecular complexity index is 1040. The number of hydrogen-bond acceptors (Lipinski definition) is 3. The van der Waals surface area contributed by atoms with Gasteiger partial charge < -0.3 is 0 Å². The molecule has 0 saturated carbocycles. The smallest absolute Gasteiger partial charge is 0.291 e. The molecule has 8 heteroatoms. The minimum Gasteiger partial charge on any atom is -0.291 e. The first-order valence-electron chi connectivity index (χ1n) is 8.32. The van der Waals surface area contributed by atoms with E-state index >= 15 is 0 Å². The molecule has 0 aliphatic rings. The maximum atomic E-state index is 13.2. The van der Waals surface area contributed by atoms with Crippen molar-refractivity contribution in [2.45, 2.75) is 26.8 Å². The van der Waals surface area contributed by atoms with Crippen LogP contribution in [0.2, 0.25) is 5.02 Å². The number of aromatic nitrogens is 3. The first-order valence-corrected chi connectivity index (χ1v) is 8.69. The number of carbonyl (C=O) groups excluding carboxylic acids is 1. The fourth-order valence-electron chi connectivity index (χ4n) is 2.73. The summed E-state index contributed by atoms with van der Waals surface area (Å²) in [5, 5.41) is 4.38. The van der Waals surface area contributed by atoms with Gasteiger partial charge in [0, 0.05) is 11.7 Å². The number of halogens is 2. The van der Waals surface area contributed by atoms with E-state index in [0.29, 0.717) is 16.4 Å². The zero-order valence-corrected chi connectivity index (χ0v) is 15.8. The highest BCUT2D eigenvalue weighted by Crippen LogP contribution is 2.21. The number of carbonyl (C=O) groups is 1. The van der Waals surface area contributed by atoms with E-state index in [1.807, 2.05) is 6.92 Å². The Labute approximate surface area is 160 Å². The lowest BCUT2D eigenvalue weighted by Crippen LogP contribution is -2.43. The first-order chi connectivity index (χ1) is 12.8. The maximum Gasteiger partial charge on any atom is 0.358 e. The lowest BCUT2D eigenvalue weighted by Gasteiger charge is -2.26. The van der Waals surface area contributed by atoms with Crippen LogP contribution in [0.25, 0.3) is 5.69 Å². The third kappa shape index (κ3) is 3.64. The van der Waals surface area contributed by atoms with Crippen molar-refractivity contribution < 1.29 is 9.18 Å². The number of anilines is 1. The molecule has 3 rings (SSSR count). The number of rotatable bonds is 3. The van der Waals surface area contributed by atoms with Crippen molar-refractivity contribution >= 4 is 23.3 Å². The number of amides is 1. The quantitative estimate of drug-likeness (QED) is 0.681. The lowest BCUT2D eigenvalue weighted by atomic mass is 10.2. The van der Waals surface area contributed by atoms with Gasteiger partial charge in [0.15, 0.2) is 0 Å². The Balaban J connectivity index is 2.03. The zero-order valence-electron chi connectivity index (χ0n) is 15.1. The predicted molar refractivity (Wildman–Crippen MR) is 102 cm³/mol. The normalized spacial score (nSPS) is 11.0. The van der Waals surface area contributed by atoms with Crippen LogP contribution in [-0.2, 0) is 0 Å². The van der Waals surface area contributed by atoms with Crippen molar-refractivity contribution in [3.63, 3.8) is 0 Å². The average Bonchev–Trinajstić information content (AvgIpc) is 2.98. The highest BCUT2D eigenvalue weighted by Gasteiger charge is 2.24. The Morgan fingerprint density at radius 1 is 1.19 bits per heavy atom. The van der Waals surface area contributed by atoms with Crippen LogP contribution in [0.1, 0.15) is 19.4 Å². The van der Waals surface area contributed by atoms with Gasteiger partial charge in [-0.25, -0.2) is 14.0 Å². The van der Waals surface area contributed by atoms with E-state index in [2.05, 4.69) is 5.10 Å². The third-order valence-electron chi connectivity index (χ3n) is 4.03. The Morgan fingerprint density at radius 3 is 2.44 bits per heavy atom. The van der Waals surface area contributed by atoms with Gasteiger partial charge in [0.25, 0.3) is 0 Å². The Morgan fingerprint density at radius 2 is 1.85 bits per heavy atom. The second kappa shape index (κ2) is 7.36. The number of aryl methyl sites for hydroxylation is 1. The molecule has 0 unspecified atom stereocenters. The lowest BCUT2D eigenvalue weighted by molar-refractivity contribution is 0.245. The summed E-state index contributed by atoms with van der Waals surface area (Å²) in [5.74, 6) is -0.408. The van der Waals surface area contributed by atoms with E-state index in [1.165, 1.54) is 29.2 Å². The summed E-state index contributed by atoms with van der Waals surface area (Å²) in [6, 6.07) is 9.82. The monoisotopic (exact) mass is 388 g/mol. The van der Waals surface area contributed by atoms with Gasteiger partial charge >= 0.3 is 11.7 Å². The summed E-state index contributed by atoms with van der Waals surface area (Å²) in [6.07, 6.45) is 1.15. The molecular weight excluding hydrogens is 371 g/mol. The molecule has 0 aliphatic heterocycles. The number of benzene rings is 2. The van der Waals surface area contributed by atoms with E-state index in [-0.39, 0.29) is 6.04 Å². The summed E-state index contributed by atoms with van der Waals surface area (Å²) < 4.78 is 15.2. The van der Waals surface area contributed by atoms with E-state index in [4.69, 9.17) is 11.6 Å². The third-order valence-corrected chi connectivity index (χ3v) is 4.34. The largest absolute Gasteiger partial charge is 0.358 e. The van der Waals surface area contributed by atoms with Crippen LogP contribution >= 0.6 is 11.6 Å². The molecule has 1 heterocycles. The summed E-state index contributed by atoms with van der Waals surface area (Å²) in [6.45, 7) is 5.48. The van der Waals surface area contributed by atoms with Gasteiger partial charge in [-0.2, -0.15) is 14.3 Å². The Hall–Kier alpha value is -2.93. The average molecular weight is 389 g/mol. The van der Waals surface area contributed by atoms with Crippen molar-refractivity contribution in [2.24, 2.45) is 0 Å². The molecule has 27 heavy (non-hydrogen) atoms. The van der Waals surface area contributed by atoms with Gasteiger partial charge in [-0.3, -0.25) is 4.90 Å². The van der Waals surface area contributed by atoms with Gasteiger partial charge in [-0.15, -0.1) is 0 Å². The standard InChI is InChI=1S/C19H18ClFN4O2/c1-12(2)24(15-7-5-14(21)6-8-15)18(26)23-11-22-25(19(23)27)17-9-4-13(3)10-16(17)20/h4-12H,1-3H3. The fourth-order valence-corrected chi connectivity index (χ4v) is 3.05. The van der Waals surface area contributed by atoms with Gasteiger partial charge in [0.2, 0.25) is 0 Å². The Kier molecular flexibility index (Phi) is 5.14. The molecule has 0 bridgehead atoms. The topological polar surface area (TPSA) is 60.1 Å². The van der Waals surface area contributed by atoms with Crippen LogP contribution in [-0.4, -0.2) is 26.4 Å². The molecule has 0 atom stereocenters. The first kappa shape index (κ1) is 18.8. The zero-order chi connectivity index (χ0) is 19.7. The second-order valence-electron chi connectivity index (χ2n) is 6.37. The van der Waals surface area contributed by atoms with Crippen molar-refractivity contribution in [2.75, 3.05) is 4.90 Å². The molecule has 140 valence electrons. The van der Waals surface area contributed by atoms with Gasteiger partial charge in [-0.05, 0) is 62.7 Å². The van der Waals surface area contributed by atoms with Crippen LogP contribution < -0.4 is 10.6 Å². The van der Waals surface area contributed by atoms with Crippen LogP contribution in [0.15, 0.2) is 53.6 Å². The maximum absolute atomic E-state index is 13.2. The number of hydrogen-bond donors (Lipinski definition) is 0. The SMILES string of the molecule is Cc1ccc(-n2ncn(C(=O)N(c3ccc(F)cc3)C(C)C)c2=O)c(Cl)c1. The molecule has 3 aromatic rings. The van der Waals surface area contributed by atoms with Crippen LogP contribution in [0.5, 0.6) is 0 Å². The molecule has 0 N–H and O–H groups in total. The summed E-state index contributed by atoms with van der Waals surface area (Å²) in [5.41, 5.74) is 1.16. The molecule has 2 aromatic carbocycles. The van der Waals surface area contributed by atoms with Gasteiger partial charge in [0.05, 0.1) is 10.7 Å². The molecule has 0 saturated heterocycles. The van der Waals surface area contributed by atoms with Gasteiger partial charge in [0.1, 0.15) is 12.1 Å². The van der Waals surface area contributed by atoms with Crippen LogP contribution in [0.4, 0.5) is 14.9 Å². The predicted octanol–water partition coefficient (Wildman–Crippen LogP) is 4.02. The van der Waals surface area contributed by atoms with E-state index in [0.717, 1.165) is 21.1 Å². The molecule has 0 spiro atoms. The van der Waals surface area contributed by atoms with Crippen molar-refractivity contribution in [3.05, 3.63) is 75.7 Å². The minimum atomic E-state index is -0.640. The second-order valence-corrected chi connectivity index (χ2v) is 6.78. The summed E-state index contributed by atoms with van der Waals surface area (Å²) in [4.78, 5) is 27.1. The van der Waals surface area contributed by atoms with E-state index in [9.17, 15) is 14.0 Å². The van der Waals surface area contributed by atoms with E-state index < -0.39 is 17.5 Å². The number of nitrogens with zero attached hydrogens (tertiary/aromatic N) is 4. The van der Waals surface area contributed by atoms with E-state index in [1.54, 1.807) is 32.0 Å². The molecule has 6 nitrogen and oxygen atoms in total. The fraction of sp³-hybridized carbons (Fsp3) is 0.211. The van der Waals surface area contributed by atoms with Gasteiger partial charge in [-0.1, -0.05) is 17.7 Å². The minimum absolute atomic E-state index is 0.263. The van der Waals surface area contributed by atoms with Crippen LogP contribution in [0.3, 0.4) is 0 Å². The molecule has 1 amide bonds. The highest BCUT2D eigenvalue weighted by atomic mass is 35.5. The van der Waals surface area contributed by atoms with Crippen molar-refractivity contribution in [1.82, 2.24) is 14.3 Å².